The SMILES string of the molecule is O=C(O)[C@@H]1[C@H](F)[C@H](O)CN1C(=O)OCC1c2ccccc2-c2ccccc21. The van der Waals surface area contributed by atoms with E-state index < -0.39 is 36.9 Å². The number of β-amino-alcohol motifs (C(OH)–C–C–N with tert-alkyl or cyclic N) is 1. The van der Waals surface area contributed by atoms with Crippen molar-refractivity contribution < 1.29 is 28.9 Å². The number of aliphatic hydroxyl groups is 1. The molecule has 3 atom stereocenters. The second kappa shape index (κ2) is 6.66. The fourth-order valence-corrected chi connectivity index (χ4v) is 3.93. The zero-order valence-corrected chi connectivity index (χ0v) is 14.3. The number of amides is 1. The van der Waals surface area contributed by atoms with Crippen LogP contribution in [0.15, 0.2) is 48.5 Å². The van der Waals surface area contributed by atoms with E-state index in [2.05, 4.69) is 0 Å². The van der Waals surface area contributed by atoms with E-state index in [0.29, 0.717) is 0 Å². The molecule has 7 heteroatoms. The van der Waals surface area contributed by atoms with Gasteiger partial charge in [-0.2, -0.15) is 0 Å². The molecule has 1 heterocycles. The highest BCUT2D eigenvalue weighted by molar-refractivity contribution is 5.82. The summed E-state index contributed by atoms with van der Waals surface area (Å²) in [4.78, 5) is 24.4. The molecule has 1 aliphatic carbocycles. The molecule has 2 aromatic carbocycles. The van der Waals surface area contributed by atoms with Gasteiger partial charge in [0.1, 0.15) is 12.7 Å². The minimum atomic E-state index is -2.04. The van der Waals surface area contributed by atoms with E-state index in [9.17, 15) is 19.1 Å². The van der Waals surface area contributed by atoms with Gasteiger partial charge in [0.15, 0.2) is 12.2 Å². The van der Waals surface area contributed by atoms with Crippen LogP contribution in [0.25, 0.3) is 11.1 Å². The normalized spacial score (nSPS) is 23.8. The lowest BCUT2D eigenvalue weighted by Gasteiger charge is -2.22. The van der Waals surface area contributed by atoms with E-state index in [0.717, 1.165) is 27.2 Å². The van der Waals surface area contributed by atoms with Crippen molar-refractivity contribution in [2.75, 3.05) is 13.2 Å². The van der Waals surface area contributed by atoms with Crippen LogP contribution in [0.1, 0.15) is 17.0 Å². The van der Waals surface area contributed by atoms with Gasteiger partial charge in [-0.3, -0.25) is 4.90 Å². The molecule has 27 heavy (non-hydrogen) atoms. The van der Waals surface area contributed by atoms with Crippen molar-refractivity contribution in [1.82, 2.24) is 4.90 Å². The van der Waals surface area contributed by atoms with E-state index in [1.807, 2.05) is 48.5 Å². The number of nitrogens with zero attached hydrogens (tertiary/aromatic N) is 1. The average Bonchev–Trinajstić information content (AvgIpc) is 3.15. The van der Waals surface area contributed by atoms with Crippen LogP contribution in [-0.4, -0.2) is 58.6 Å². The van der Waals surface area contributed by atoms with Crippen molar-refractivity contribution in [1.29, 1.82) is 0 Å². The maximum absolute atomic E-state index is 13.9. The second-order valence-electron chi connectivity index (χ2n) is 6.75. The molecule has 1 fully saturated rings. The van der Waals surface area contributed by atoms with Crippen molar-refractivity contribution in [3.05, 3.63) is 59.7 Å². The fraction of sp³-hybridized carbons (Fsp3) is 0.300. The molecule has 0 saturated carbocycles. The molecule has 2 aliphatic rings. The standard InChI is InChI=1S/C20H18FNO5/c21-17-16(23)9-22(18(17)19(24)25)20(26)27-10-15-13-7-3-1-5-11(13)12-6-2-4-8-14(12)15/h1-8,15-18,23H,9-10H2,(H,24,25)/t16-,17-,18+/m1/s1. The third kappa shape index (κ3) is 2.84. The number of carboxylic acids is 1. The van der Waals surface area contributed by atoms with Crippen LogP contribution in [0.4, 0.5) is 9.18 Å². The van der Waals surface area contributed by atoms with Gasteiger partial charge in [0.2, 0.25) is 0 Å². The molecular formula is C20H18FNO5. The molecule has 140 valence electrons. The van der Waals surface area contributed by atoms with Crippen molar-refractivity contribution in [3.63, 3.8) is 0 Å². The predicted molar refractivity (Wildman–Crippen MR) is 94.1 cm³/mol. The Bertz CT molecular complexity index is 856. The molecule has 2 aromatic rings. The number of alkyl halides is 1. The number of carbonyl (C=O) groups excluding carboxylic acids is 1. The van der Waals surface area contributed by atoms with Gasteiger partial charge in [-0.1, -0.05) is 48.5 Å². The number of halogens is 1. The monoisotopic (exact) mass is 371 g/mol. The molecule has 0 bridgehead atoms. The fourth-order valence-electron chi connectivity index (χ4n) is 3.93. The maximum atomic E-state index is 13.9. The minimum absolute atomic E-state index is 0.00272. The van der Waals surface area contributed by atoms with E-state index >= 15 is 0 Å². The third-order valence-corrected chi connectivity index (χ3v) is 5.21. The molecule has 0 unspecified atom stereocenters. The number of aliphatic hydroxyl groups excluding tert-OH is 1. The zero-order chi connectivity index (χ0) is 19.1. The number of ether oxygens (including phenoxy) is 1. The molecule has 4 rings (SSSR count). The lowest BCUT2D eigenvalue weighted by molar-refractivity contribution is -0.143. The van der Waals surface area contributed by atoms with Gasteiger partial charge in [-0.05, 0) is 22.3 Å². The van der Waals surface area contributed by atoms with Gasteiger partial charge in [-0.25, -0.2) is 14.0 Å². The maximum Gasteiger partial charge on any atom is 0.410 e. The Kier molecular flexibility index (Phi) is 4.31. The number of aliphatic carboxylic acids is 1. The smallest absolute Gasteiger partial charge is 0.410 e. The van der Waals surface area contributed by atoms with Gasteiger partial charge in [0.05, 0.1) is 6.54 Å². The topological polar surface area (TPSA) is 87.1 Å². The van der Waals surface area contributed by atoms with Gasteiger partial charge in [0.25, 0.3) is 0 Å². The first kappa shape index (κ1) is 17.5. The van der Waals surface area contributed by atoms with Crippen LogP contribution < -0.4 is 0 Å². The first-order chi connectivity index (χ1) is 13.0. The molecule has 6 nitrogen and oxygen atoms in total. The molecule has 0 radical (unpaired) electrons. The van der Waals surface area contributed by atoms with Crippen LogP contribution >= 0.6 is 0 Å². The van der Waals surface area contributed by atoms with Gasteiger partial charge in [-0.15, -0.1) is 0 Å². The average molecular weight is 371 g/mol. The van der Waals surface area contributed by atoms with Crippen LogP contribution in [0, 0.1) is 0 Å². The number of rotatable bonds is 3. The minimum Gasteiger partial charge on any atom is -0.480 e. The van der Waals surface area contributed by atoms with Crippen LogP contribution in [0.2, 0.25) is 0 Å². The van der Waals surface area contributed by atoms with Crippen molar-refractivity contribution in [2.45, 2.75) is 24.2 Å². The Labute approximate surface area is 154 Å². The zero-order valence-electron chi connectivity index (χ0n) is 14.3. The summed E-state index contributed by atoms with van der Waals surface area (Å²) >= 11 is 0. The summed E-state index contributed by atoms with van der Waals surface area (Å²) < 4.78 is 19.2. The number of hydrogen-bond donors (Lipinski definition) is 2. The van der Waals surface area contributed by atoms with Crippen LogP contribution in [0.5, 0.6) is 0 Å². The summed E-state index contributed by atoms with van der Waals surface area (Å²) in [5, 5.41) is 18.7. The predicted octanol–water partition coefficient (Wildman–Crippen LogP) is 2.40. The summed E-state index contributed by atoms with van der Waals surface area (Å²) in [6.45, 7) is -0.405. The molecule has 1 amide bonds. The Morgan fingerprint density at radius 3 is 2.19 bits per heavy atom. The van der Waals surface area contributed by atoms with E-state index in [1.54, 1.807) is 0 Å². The van der Waals surface area contributed by atoms with Crippen molar-refractivity contribution in [3.8, 4) is 11.1 Å². The molecule has 1 aliphatic heterocycles. The molecule has 2 N–H and O–H groups in total. The van der Waals surface area contributed by atoms with Gasteiger partial charge < -0.3 is 14.9 Å². The van der Waals surface area contributed by atoms with Gasteiger partial charge in [0, 0.05) is 5.92 Å². The lowest BCUT2D eigenvalue weighted by atomic mass is 9.98. The van der Waals surface area contributed by atoms with Crippen LogP contribution in [-0.2, 0) is 9.53 Å². The Morgan fingerprint density at radius 1 is 1.07 bits per heavy atom. The summed E-state index contributed by atoms with van der Waals surface area (Å²) in [7, 11) is 0. The highest BCUT2D eigenvalue weighted by atomic mass is 19.1. The lowest BCUT2D eigenvalue weighted by Crippen LogP contribution is -2.44. The van der Waals surface area contributed by atoms with E-state index in [4.69, 9.17) is 9.84 Å². The molecule has 0 spiro atoms. The summed E-state index contributed by atoms with van der Waals surface area (Å²) in [5.41, 5.74) is 4.17. The number of hydrogen-bond acceptors (Lipinski definition) is 4. The molecule has 1 saturated heterocycles. The van der Waals surface area contributed by atoms with Gasteiger partial charge >= 0.3 is 12.1 Å². The number of carbonyl (C=O) groups is 2. The number of likely N-dealkylation sites (tertiary alicyclic amines) is 1. The van der Waals surface area contributed by atoms with E-state index in [1.165, 1.54) is 0 Å². The van der Waals surface area contributed by atoms with Crippen molar-refractivity contribution in [2.24, 2.45) is 0 Å². The first-order valence-electron chi connectivity index (χ1n) is 8.65. The highest BCUT2D eigenvalue weighted by Gasteiger charge is 2.49. The molecule has 0 aromatic heterocycles. The number of carboxylic acid groups (broad SMARTS) is 1. The highest BCUT2D eigenvalue weighted by Crippen LogP contribution is 2.44. The number of benzene rings is 2. The third-order valence-electron chi connectivity index (χ3n) is 5.21. The summed E-state index contributed by atoms with van der Waals surface area (Å²) in [6, 6.07) is 13.9. The molecular weight excluding hydrogens is 353 g/mol. The summed E-state index contributed by atoms with van der Waals surface area (Å²) in [6.07, 6.45) is -4.52. The second-order valence-corrected chi connectivity index (χ2v) is 6.75. The van der Waals surface area contributed by atoms with Crippen molar-refractivity contribution >= 4 is 12.1 Å². The number of fused-ring (bicyclic) bond motifs is 3. The summed E-state index contributed by atoms with van der Waals surface area (Å²) in [5.74, 6) is -1.69. The Balaban J connectivity index is 1.54. The quantitative estimate of drug-likeness (QED) is 0.865. The Hall–Kier alpha value is -2.93. The van der Waals surface area contributed by atoms with Crippen LogP contribution in [0.3, 0.4) is 0 Å². The largest absolute Gasteiger partial charge is 0.480 e. The Morgan fingerprint density at radius 2 is 1.63 bits per heavy atom. The van der Waals surface area contributed by atoms with E-state index in [-0.39, 0.29) is 12.5 Å². The first-order valence-corrected chi connectivity index (χ1v) is 8.65.